The normalized spacial score (nSPS) is 17.2. The van der Waals surface area contributed by atoms with E-state index in [1.807, 2.05) is 18.2 Å². The zero-order valence-electron chi connectivity index (χ0n) is 14.1. The van der Waals surface area contributed by atoms with E-state index in [0.29, 0.717) is 5.82 Å². The summed E-state index contributed by atoms with van der Waals surface area (Å²) in [5.74, 6) is 1.43. The monoisotopic (exact) mass is 370 g/mol. The summed E-state index contributed by atoms with van der Waals surface area (Å²) in [7, 11) is 0. The molecule has 3 N–H and O–H groups in total. The number of benzene rings is 2. The summed E-state index contributed by atoms with van der Waals surface area (Å²) < 4.78 is 6.24. The summed E-state index contributed by atoms with van der Waals surface area (Å²) in [6.07, 6.45) is 3.76. The van der Waals surface area contributed by atoms with Crippen molar-refractivity contribution >= 4 is 34.0 Å². The molecule has 0 unspecified atom stereocenters. The van der Waals surface area contributed by atoms with Gasteiger partial charge in [0.15, 0.2) is 0 Å². The standard InChI is InChI=1S/C19H19ClN4O2/c20-14-9-12(6-7-16(14)25)24-19-18-15(22-11-23-19)4-1-5-17(18)26-13-3-2-8-21-10-13/h1,4-7,9,11,13,21,25H,2-3,8,10H2,(H,22,23,24)/t13-/m0/s1. The van der Waals surface area contributed by atoms with Crippen LogP contribution in [0.1, 0.15) is 12.8 Å². The van der Waals surface area contributed by atoms with Crippen molar-refractivity contribution in [1.82, 2.24) is 15.3 Å². The lowest BCUT2D eigenvalue weighted by molar-refractivity contribution is 0.169. The Bertz CT molecular complexity index is 923. The van der Waals surface area contributed by atoms with Gasteiger partial charge >= 0.3 is 0 Å². The molecule has 7 heteroatoms. The smallest absolute Gasteiger partial charge is 0.145 e. The van der Waals surface area contributed by atoms with E-state index in [2.05, 4.69) is 20.6 Å². The number of halogens is 1. The number of hydrogen-bond acceptors (Lipinski definition) is 6. The lowest BCUT2D eigenvalue weighted by Gasteiger charge is -2.24. The van der Waals surface area contributed by atoms with Crippen LogP contribution < -0.4 is 15.4 Å². The van der Waals surface area contributed by atoms with Gasteiger partial charge in [-0.1, -0.05) is 17.7 Å². The fraction of sp³-hybridized carbons (Fsp3) is 0.263. The molecule has 26 heavy (non-hydrogen) atoms. The van der Waals surface area contributed by atoms with Crippen molar-refractivity contribution in [2.75, 3.05) is 18.4 Å². The van der Waals surface area contributed by atoms with Gasteiger partial charge in [0, 0.05) is 12.2 Å². The number of phenolic OH excluding ortho intramolecular Hbond substituents is 1. The highest BCUT2D eigenvalue weighted by Crippen LogP contribution is 2.34. The van der Waals surface area contributed by atoms with E-state index in [0.717, 1.165) is 48.3 Å². The van der Waals surface area contributed by atoms with Crippen LogP contribution in [0.4, 0.5) is 11.5 Å². The second-order valence-corrected chi connectivity index (χ2v) is 6.66. The molecule has 1 aromatic heterocycles. The number of nitrogens with zero attached hydrogens (tertiary/aromatic N) is 2. The van der Waals surface area contributed by atoms with Crippen molar-refractivity contribution in [3.05, 3.63) is 47.7 Å². The first-order chi connectivity index (χ1) is 12.7. The van der Waals surface area contributed by atoms with Crippen LogP contribution in [0.5, 0.6) is 11.5 Å². The van der Waals surface area contributed by atoms with Crippen LogP contribution >= 0.6 is 11.6 Å². The molecule has 1 aliphatic rings. The minimum atomic E-state index is 0.0404. The van der Waals surface area contributed by atoms with Gasteiger partial charge < -0.3 is 20.5 Å². The largest absolute Gasteiger partial charge is 0.506 e. The minimum Gasteiger partial charge on any atom is -0.506 e. The predicted octanol–water partition coefficient (Wildman–Crippen LogP) is 3.86. The number of fused-ring (bicyclic) bond motifs is 1. The highest BCUT2D eigenvalue weighted by molar-refractivity contribution is 6.32. The maximum atomic E-state index is 9.60. The summed E-state index contributed by atoms with van der Waals surface area (Å²) in [5.41, 5.74) is 1.52. The number of nitrogens with one attached hydrogen (secondary N) is 2. The fourth-order valence-electron chi connectivity index (χ4n) is 3.09. The Labute approximate surface area is 156 Å². The topological polar surface area (TPSA) is 79.3 Å². The van der Waals surface area contributed by atoms with Crippen molar-refractivity contribution in [2.24, 2.45) is 0 Å². The van der Waals surface area contributed by atoms with Crippen LogP contribution in [0, 0.1) is 0 Å². The van der Waals surface area contributed by atoms with Gasteiger partial charge in [0.05, 0.1) is 15.9 Å². The molecule has 6 nitrogen and oxygen atoms in total. The molecule has 1 fully saturated rings. The highest BCUT2D eigenvalue weighted by atomic mass is 35.5. The third kappa shape index (κ3) is 3.52. The summed E-state index contributed by atoms with van der Waals surface area (Å²) in [6.45, 7) is 1.87. The van der Waals surface area contributed by atoms with Gasteiger partial charge in [0.25, 0.3) is 0 Å². The SMILES string of the molecule is Oc1ccc(Nc2ncnc3cccc(O[C@H]4CCCNC4)c23)cc1Cl. The second-order valence-electron chi connectivity index (χ2n) is 6.25. The van der Waals surface area contributed by atoms with Gasteiger partial charge in [-0.3, -0.25) is 0 Å². The average Bonchev–Trinajstić information content (AvgIpc) is 2.66. The lowest BCUT2D eigenvalue weighted by Crippen LogP contribution is -2.37. The maximum absolute atomic E-state index is 9.60. The average molecular weight is 371 g/mol. The van der Waals surface area contributed by atoms with E-state index in [1.165, 1.54) is 6.33 Å². The molecule has 1 saturated heterocycles. The summed E-state index contributed by atoms with van der Waals surface area (Å²) >= 11 is 6.00. The number of aromatic nitrogens is 2. The third-order valence-corrected chi connectivity index (χ3v) is 4.68. The zero-order valence-corrected chi connectivity index (χ0v) is 14.8. The number of rotatable bonds is 4. The summed E-state index contributed by atoms with van der Waals surface area (Å²) in [5, 5.41) is 17.3. The van der Waals surface area contributed by atoms with E-state index in [1.54, 1.807) is 18.2 Å². The lowest BCUT2D eigenvalue weighted by atomic mass is 10.1. The minimum absolute atomic E-state index is 0.0404. The van der Waals surface area contributed by atoms with Gasteiger partial charge in [-0.25, -0.2) is 9.97 Å². The number of piperidine rings is 1. The Balaban J connectivity index is 1.70. The molecule has 2 aromatic carbocycles. The molecule has 0 spiro atoms. The summed E-state index contributed by atoms with van der Waals surface area (Å²) in [4.78, 5) is 8.74. The fourth-order valence-corrected chi connectivity index (χ4v) is 3.27. The number of phenols is 1. The number of anilines is 2. The molecular weight excluding hydrogens is 352 g/mol. The molecule has 0 saturated carbocycles. The van der Waals surface area contributed by atoms with Crippen molar-refractivity contribution in [1.29, 1.82) is 0 Å². The molecule has 0 radical (unpaired) electrons. The van der Waals surface area contributed by atoms with Crippen molar-refractivity contribution in [2.45, 2.75) is 18.9 Å². The number of hydrogen-bond donors (Lipinski definition) is 3. The van der Waals surface area contributed by atoms with Crippen molar-refractivity contribution in [3.63, 3.8) is 0 Å². The molecule has 3 aromatic rings. The van der Waals surface area contributed by atoms with Crippen LogP contribution in [0.15, 0.2) is 42.7 Å². The van der Waals surface area contributed by atoms with Gasteiger partial charge in [-0.2, -0.15) is 0 Å². The second kappa shape index (κ2) is 7.35. The first kappa shape index (κ1) is 16.9. The van der Waals surface area contributed by atoms with Gasteiger partial charge in [-0.05, 0) is 49.7 Å². The Morgan fingerprint density at radius 2 is 2.15 bits per heavy atom. The van der Waals surface area contributed by atoms with Crippen molar-refractivity contribution in [3.8, 4) is 11.5 Å². The maximum Gasteiger partial charge on any atom is 0.145 e. The Kier molecular flexibility index (Phi) is 4.77. The number of ether oxygens (including phenoxy) is 1. The van der Waals surface area contributed by atoms with Crippen LogP contribution in [-0.4, -0.2) is 34.3 Å². The molecule has 1 aliphatic heterocycles. The molecule has 0 aliphatic carbocycles. The Morgan fingerprint density at radius 1 is 1.23 bits per heavy atom. The van der Waals surface area contributed by atoms with E-state index >= 15 is 0 Å². The van der Waals surface area contributed by atoms with Gasteiger partial charge in [-0.15, -0.1) is 0 Å². The van der Waals surface area contributed by atoms with Gasteiger partial charge in [0.1, 0.15) is 29.7 Å². The van der Waals surface area contributed by atoms with Crippen LogP contribution in [0.2, 0.25) is 5.02 Å². The van der Waals surface area contributed by atoms with E-state index < -0.39 is 0 Å². The van der Waals surface area contributed by atoms with E-state index in [9.17, 15) is 5.11 Å². The van der Waals surface area contributed by atoms with E-state index in [4.69, 9.17) is 16.3 Å². The molecular formula is C19H19ClN4O2. The van der Waals surface area contributed by atoms with E-state index in [-0.39, 0.29) is 16.9 Å². The Morgan fingerprint density at radius 3 is 2.96 bits per heavy atom. The molecule has 4 rings (SSSR count). The predicted molar refractivity (Wildman–Crippen MR) is 102 cm³/mol. The molecule has 134 valence electrons. The third-order valence-electron chi connectivity index (χ3n) is 4.38. The molecule has 2 heterocycles. The first-order valence-electron chi connectivity index (χ1n) is 8.57. The molecule has 1 atom stereocenters. The highest BCUT2D eigenvalue weighted by Gasteiger charge is 2.17. The quantitative estimate of drug-likeness (QED) is 0.605. The van der Waals surface area contributed by atoms with Crippen LogP contribution in [0.3, 0.4) is 0 Å². The Hall–Kier alpha value is -2.57. The van der Waals surface area contributed by atoms with Crippen LogP contribution in [0.25, 0.3) is 10.9 Å². The van der Waals surface area contributed by atoms with Crippen molar-refractivity contribution < 1.29 is 9.84 Å². The van der Waals surface area contributed by atoms with Gasteiger partial charge in [0.2, 0.25) is 0 Å². The molecule has 0 amide bonds. The summed E-state index contributed by atoms with van der Waals surface area (Å²) in [6, 6.07) is 10.7. The first-order valence-corrected chi connectivity index (χ1v) is 8.95. The zero-order chi connectivity index (χ0) is 17.9. The van der Waals surface area contributed by atoms with Crippen LogP contribution in [-0.2, 0) is 0 Å². The molecule has 0 bridgehead atoms. The number of aromatic hydroxyl groups is 1.